The van der Waals surface area contributed by atoms with Gasteiger partial charge in [-0.1, -0.05) is 80.9 Å². The minimum Gasteiger partial charge on any atom is -0.500 e. The number of furan rings is 1. The van der Waals surface area contributed by atoms with Gasteiger partial charge < -0.3 is 19.4 Å². The Morgan fingerprint density at radius 1 is 0.950 bits per heavy atom. The molecule has 205 valence electrons. The summed E-state index contributed by atoms with van der Waals surface area (Å²) >= 11 is 0. The second-order valence-electron chi connectivity index (χ2n) is 10.7. The monoisotopic (exact) mass is 723 g/mol. The molecule has 0 bridgehead atoms. The van der Waals surface area contributed by atoms with Crippen LogP contribution in [0.1, 0.15) is 34.9 Å². The first-order valence-electron chi connectivity index (χ1n) is 14.5. The first-order chi connectivity index (χ1) is 19.9. The van der Waals surface area contributed by atoms with Crippen molar-refractivity contribution in [3.05, 3.63) is 109 Å². The van der Waals surface area contributed by atoms with Gasteiger partial charge in [0.25, 0.3) is 0 Å². The first kappa shape index (κ1) is 25.5. The summed E-state index contributed by atoms with van der Waals surface area (Å²) in [6.07, 6.45) is 6.67. The predicted molar refractivity (Wildman–Crippen MR) is 164 cm³/mol. The number of para-hydroxylation sites is 1. The number of nitrogens with zero attached hydrogens (tertiary/aromatic N) is 3. The molecule has 4 nitrogen and oxygen atoms in total. The van der Waals surface area contributed by atoms with Crippen LogP contribution in [0.5, 0.6) is 0 Å². The standard InChI is InChI=1S/C22H23N2OSi.C12H10N.Ir/c1-14(2)15-10-11-23-18(12-15)17-13-24-22(26(3,4)5)20-16-8-6-7-9-19(16)25-21(17)20;1-10-7-8-12(13-9-10)11-5-3-2-4-6-11;/h6-12,14H,1-5H3;2-5,7-9H,1H3;/q2*-1;/i1D3;;. The Morgan fingerprint density at radius 3 is 2.45 bits per heavy atom. The van der Waals surface area contributed by atoms with Crippen LogP contribution < -0.4 is 5.32 Å². The fraction of sp³-hybridized carbons (Fsp3) is 0.206. The maximum Gasteiger partial charge on any atom is 0.121 e. The molecule has 1 unspecified atom stereocenters. The first-order valence-corrected chi connectivity index (χ1v) is 16.5. The second-order valence-corrected chi connectivity index (χ2v) is 15.7. The Balaban J connectivity index is 0.000000253. The summed E-state index contributed by atoms with van der Waals surface area (Å²) < 4.78 is 29.4. The average molecular weight is 723 g/mol. The van der Waals surface area contributed by atoms with E-state index in [4.69, 9.17) is 13.5 Å². The van der Waals surface area contributed by atoms with Crippen LogP contribution in [-0.2, 0) is 20.1 Å². The van der Waals surface area contributed by atoms with Crippen molar-refractivity contribution in [1.82, 2.24) is 15.0 Å². The van der Waals surface area contributed by atoms with Crippen molar-refractivity contribution < 1.29 is 28.6 Å². The van der Waals surface area contributed by atoms with Crippen LogP contribution >= 0.6 is 0 Å². The van der Waals surface area contributed by atoms with Crippen LogP contribution in [0.15, 0.2) is 89.6 Å². The van der Waals surface area contributed by atoms with Gasteiger partial charge in [0.2, 0.25) is 0 Å². The molecule has 2 aromatic carbocycles. The van der Waals surface area contributed by atoms with Crippen LogP contribution in [-0.4, -0.2) is 23.0 Å². The van der Waals surface area contributed by atoms with Gasteiger partial charge in [-0.25, -0.2) is 0 Å². The summed E-state index contributed by atoms with van der Waals surface area (Å²) in [7, 11) is -1.75. The average Bonchev–Trinajstić information content (AvgIpc) is 3.36. The van der Waals surface area contributed by atoms with Crippen LogP contribution in [0.25, 0.3) is 44.5 Å². The van der Waals surface area contributed by atoms with Crippen molar-refractivity contribution in [2.45, 2.75) is 46.3 Å². The SMILES string of the molecule is Cc1ccc(-c2[c-]cccc2)nc1.[2H]C([2H])([2H])C(C)c1ccnc(-c2[c-]nc([Si](C)(C)C)c3c2oc2ccccc23)c1.[Ir]. The Hall–Kier alpha value is -3.44. The van der Waals surface area contributed by atoms with Gasteiger partial charge in [-0.3, -0.25) is 0 Å². The Kier molecular flexibility index (Phi) is 7.90. The van der Waals surface area contributed by atoms with Gasteiger partial charge in [-0.15, -0.1) is 35.9 Å². The molecule has 6 rings (SSSR count). The third kappa shape index (κ3) is 6.31. The molecule has 1 atom stereocenters. The number of pyridine rings is 3. The summed E-state index contributed by atoms with van der Waals surface area (Å²) in [5.41, 5.74) is 6.71. The van der Waals surface area contributed by atoms with E-state index in [1.54, 1.807) is 19.2 Å². The molecule has 40 heavy (non-hydrogen) atoms. The van der Waals surface area contributed by atoms with Crippen LogP contribution in [0.3, 0.4) is 0 Å². The number of hydrogen-bond acceptors (Lipinski definition) is 4. The summed E-state index contributed by atoms with van der Waals surface area (Å²) in [6.45, 7) is 8.42. The molecule has 0 saturated carbocycles. The van der Waals surface area contributed by atoms with Gasteiger partial charge in [0.15, 0.2) is 0 Å². The number of aromatic nitrogens is 3. The molecule has 1 radical (unpaired) electrons. The number of fused-ring (bicyclic) bond motifs is 3. The minimum absolute atomic E-state index is 0. The molecule has 4 aromatic heterocycles. The fourth-order valence-electron chi connectivity index (χ4n) is 4.42. The third-order valence-corrected chi connectivity index (χ3v) is 8.27. The maximum absolute atomic E-state index is 7.73. The van der Waals surface area contributed by atoms with E-state index in [1.165, 1.54) is 5.56 Å². The van der Waals surface area contributed by atoms with Gasteiger partial charge in [0.05, 0.1) is 13.7 Å². The van der Waals surface area contributed by atoms with E-state index in [0.717, 1.165) is 32.9 Å². The van der Waals surface area contributed by atoms with Gasteiger partial charge in [-0.2, -0.15) is 0 Å². The molecule has 0 N–H and O–H groups in total. The molecular weight excluding hydrogens is 687 g/mol. The third-order valence-electron chi connectivity index (χ3n) is 6.49. The van der Waals surface area contributed by atoms with Crippen molar-refractivity contribution in [3.63, 3.8) is 0 Å². The molecule has 0 aliphatic carbocycles. The molecule has 0 amide bonds. The van der Waals surface area contributed by atoms with Crippen molar-refractivity contribution in [3.8, 4) is 22.5 Å². The zero-order valence-corrected chi connectivity index (χ0v) is 26.6. The number of aryl methyl sites for hydroxylation is 1. The topological polar surface area (TPSA) is 51.8 Å². The predicted octanol–water partition coefficient (Wildman–Crippen LogP) is 8.37. The van der Waals surface area contributed by atoms with Crippen molar-refractivity contribution in [2.75, 3.05) is 0 Å². The van der Waals surface area contributed by atoms with Gasteiger partial charge in [-0.05, 0) is 58.8 Å². The fourth-order valence-corrected chi connectivity index (χ4v) is 5.81. The zero-order valence-electron chi connectivity index (χ0n) is 26.2. The summed E-state index contributed by atoms with van der Waals surface area (Å²) in [5, 5.41) is 3.10. The van der Waals surface area contributed by atoms with E-state index in [-0.39, 0.29) is 20.1 Å². The summed E-state index contributed by atoms with van der Waals surface area (Å²) in [6, 6.07) is 26.6. The maximum atomic E-state index is 7.73. The minimum atomic E-state index is -2.07. The van der Waals surface area contributed by atoms with E-state index in [1.807, 2.05) is 67.7 Å². The Morgan fingerprint density at radius 2 is 1.75 bits per heavy atom. The molecule has 0 fully saturated rings. The molecule has 0 aliphatic rings. The van der Waals surface area contributed by atoms with Crippen LogP contribution in [0, 0.1) is 19.2 Å². The Labute approximate surface area is 255 Å². The van der Waals surface area contributed by atoms with E-state index < -0.39 is 20.8 Å². The van der Waals surface area contributed by atoms with Gasteiger partial charge in [0.1, 0.15) is 5.58 Å². The second kappa shape index (κ2) is 12.4. The molecular formula is C34H33IrN3OSi-2. The molecule has 4 heterocycles. The summed E-state index contributed by atoms with van der Waals surface area (Å²) in [5.74, 6) is -0.593. The smallest absolute Gasteiger partial charge is 0.121 e. The molecule has 6 aromatic rings. The van der Waals surface area contributed by atoms with Crippen LogP contribution in [0.4, 0.5) is 0 Å². The van der Waals surface area contributed by atoms with E-state index in [0.29, 0.717) is 22.4 Å². The summed E-state index contributed by atoms with van der Waals surface area (Å²) in [4.78, 5) is 13.5. The molecule has 0 aliphatic heterocycles. The largest absolute Gasteiger partial charge is 0.500 e. The van der Waals surface area contributed by atoms with Gasteiger partial charge >= 0.3 is 0 Å². The molecule has 0 spiro atoms. The van der Waals surface area contributed by atoms with Crippen LogP contribution in [0.2, 0.25) is 19.6 Å². The van der Waals surface area contributed by atoms with Crippen molar-refractivity contribution >= 4 is 35.3 Å². The van der Waals surface area contributed by atoms with E-state index in [9.17, 15) is 0 Å². The van der Waals surface area contributed by atoms with Gasteiger partial charge in [0, 0.05) is 42.0 Å². The Bertz CT molecular complexity index is 1830. The quantitative estimate of drug-likeness (QED) is 0.136. The van der Waals surface area contributed by atoms with Crippen molar-refractivity contribution in [1.29, 1.82) is 0 Å². The van der Waals surface area contributed by atoms with Crippen molar-refractivity contribution in [2.24, 2.45) is 0 Å². The zero-order chi connectivity index (χ0) is 30.1. The van der Waals surface area contributed by atoms with E-state index in [2.05, 4.69) is 54.0 Å². The number of hydrogen-bond donors (Lipinski definition) is 0. The normalized spacial score (nSPS) is 13.4. The number of rotatable bonds is 4. The van der Waals surface area contributed by atoms with E-state index >= 15 is 0 Å². The molecule has 0 saturated heterocycles. The number of benzene rings is 2. The molecule has 6 heteroatoms.